The molecule has 3 aromatic rings. The van der Waals surface area contributed by atoms with Crippen molar-refractivity contribution in [3.05, 3.63) is 63.4 Å². The van der Waals surface area contributed by atoms with E-state index >= 15 is 0 Å². The van der Waals surface area contributed by atoms with E-state index < -0.39 is 4.92 Å². The van der Waals surface area contributed by atoms with Gasteiger partial charge in [-0.05, 0) is 23.1 Å². The molecule has 0 aliphatic heterocycles. The van der Waals surface area contributed by atoms with E-state index in [1.807, 2.05) is 12.1 Å². The van der Waals surface area contributed by atoms with Crippen LogP contribution in [-0.2, 0) is 6.54 Å². The number of nitrogens with zero attached hydrogens (tertiary/aromatic N) is 4. The van der Waals surface area contributed by atoms with Crippen molar-refractivity contribution in [3.8, 4) is 0 Å². The second-order valence-electron chi connectivity index (χ2n) is 4.21. The van der Waals surface area contributed by atoms with Gasteiger partial charge in [-0.3, -0.25) is 4.98 Å². The van der Waals surface area contributed by atoms with Crippen molar-refractivity contribution < 1.29 is 4.92 Å². The second kappa shape index (κ2) is 4.90. The van der Waals surface area contributed by atoms with Gasteiger partial charge < -0.3 is 10.1 Å². The lowest BCUT2D eigenvalue weighted by molar-refractivity contribution is -0.392. The zero-order valence-electron chi connectivity index (χ0n) is 10.2. The lowest BCUT2D eigenvalue weighted by Crippen LogP contribution is -2.06. The molecule has 0 spiro atoms. The number of pyridine rings is 1. The fraction of sp³-hybridized carbons (Fsp3) is 0.0769. The van der Waals surface area contributed by atoms with Crippen LogP contribution in [0.4, 0.5) is 5.82 Å². The molecule has 1 aromatic carbocycles. The summed E-state index contributed by atoms with van der Waals surface area (Å²) in [5.41, 5.74) is 1.56. The van der Waals surface area contributed by atoms with Gasteiger partial charge in [0.2, 0.25) is 0 Å². The Hall–Kier alpha value is -2.47. The Morgan fingerprint density at radius 3 is 2.90 bits per heavy atom. The van der Waals surface area contributed by atoms with Crippen LogP contribution in [0, 0.1) is 10.1 Å². The minimum absolute atomic E-state index is 0.0518. The van der Waals surface area contributed by atoms with Crippen LogP contribution in [0.25, 0.3) is 10.9 Å². The molecule has 0 amide bonds. The molecule has 20 heavy (non-hydrogen) atoms. The highest BCUT2D eigenvalue weighted by molar-refractivity contribution is 6.35. The van der Waals surface area contributed by atoms with E-state index in [-0.39, 0.29) is 12.4 Å². The van der Waals surface area contributed by atoms with Gasteiger partial charge >= 0.3 is 5.82 Å². The first-order valence-electron chi connectivity index (χ1n) is 5.85. The maximum Gasteiger partial charge on any atom is 0.345 e. The average molecular weight is 289 g/mol. The highest BCUT2D eigenvalue weighted by Gasteiger charge is 2.16. The first-order valence-corrected chi connectivity index (χ1v) is 6.23. The number of halogens is 1. The highest BCUT2D eigenvalue weighted by Crippen LogP contribution is 2.25. The van der Waals surface area contributed by atoms with Crippen LogP contribution in [0.3, 0.4) is 0 Å². The SMILES string of the molecule is O=[N+]([O-])c1ccnn1Cc1ccc(Cl)c2cccnc12. The minimum atomic E-state index is -0.460. The summed E-state index contributed by atoms with van der Waals surface area (Å²) in [7, 11) is 0. The molecular weight excluding hydrogens is 280 g/mol. The van der Waals surface area contributed by atoms with Gasteiger partial charge in [0.15, 0.2) is 0 Å². The zero-order valence-corrected chi connectivity index (χ0v) is 11.0. The number of hydrogen-bond donors (Lipinski definition) is 0. The molecule has 0 fully saturated rings. The van der Waals surface area contributed by atoms with Crippen LogP contribution in [0.15, 0.2) is 42.7 Å². The number of fused-ring (bicyclic) bond motifs is 1. The van der Waals surface area contributed by atoms with Crippen molar-refractivity contribution in [2.45, 2.75) is 6.54 Å². The summed E-state index contributed by atoms with van der Waals surface area (Å²) >= 11 is 6.12. The normalized spacial score (nSPS) is 10.8. The van der Waals surface area contributed by atoms with Crippen LogP contribution in [-0.4, -0.2) is 19.7 Å². The fourth-order valence-electron chi connectivity index (χ4n) is 2.09. The van der Waals surface area contributed by atoms with Crippen LogP contribution in [0.1, 0.15) is 5.56 Å². The van der Waals surface area contributed by atoms with Crippen LogP contribution in [0.5, 0.6) is 0 Å². The molecule has 0 N–H and O–H groups in total. The van der Waals surface area contributed by atoms with E-state index in [0.717, 1.165) is 16.5 Å². The lowest BCUT2D eigenvalue weighted by atomic mass is 10.1. The smallest absolute Gasteiger partial charge is 0.345 e. The average Bonchev–Trinajstić information content (AvgIpc) is 2.91. The van der Waals surface area contributed by atoms with Crippen LogP contribution in [0.2, 0.25) is 5.02 Å². The first kappa shape index (κ1) is 12.6. The van der Waals surface area contributed by atoms with Crippen molar-refractivity contribution in [2.24, 2.45) is 0 Å². The van der Waals surface area contributed by atoms with Crippen LogP contribution >= 0.6 is 11.6 Å². The summed E-state index contributed by atoms with van der Waals surface area (Å²) < 4.78 is 1.33. The van der Waals surface area contributed by atoms with Crippen molar-refractivity contribution >= 4 is 28.3 Å². The molecule has 3 rings (SSSR count). The standard InChI is InChI=1S/C13H9ClN4O2/c14-11-4-3-9(13-10(11)2-1-6-15-13)8-17-12(18(19)20)5-7-16-17/h1-7H,8H2. The number of hydrogen-bond acceptors (Lipinski definition) is 4. The highest BCUT2D eigenvalue weighted by atomic mass is 35.5. The summed E-state index contributed by atoms with van der Waals surface area (Å²) in [5.74, 6) is -0.0518. The Morgan fingerprint density at radius 2 is 2.10 bits per heavy atom. The first-order chi connectivity index (χ1) is 9.66. The largest absolute Gasteiger partial charge is 0.358 e. The van der Waals surface area contributed by atoms with Gasteiger partial charge in [0, 0.05) is 22.2 Å². The van der Waals surface area contributed by atoms with Gasteiger partial charge in [0.05, 0.1) is 17.8 Å². The number of aromatic nitrogens is 3. The minimum Gasteiger partial charge on any atom is -0.358 e. The summed E-state index contributed by atoms with van der Waals surface area (Å²) in [6, 6.07) is 8.60. The summed E-state index contributed by atoms with van der Waals surface area (Å²) in [5, 5.41) is 16.3. The molecule has 7 heteroatoms. The molecule has 2 aromatic heterocycles. The lowest BCUT2D eigenvalue weighted by Gasteiger charge is -2.05. The van der Waals surface area contributed by atoms with Gasteiger partial charge in [-0.1, -0.05) is 22.8 Å². The molecule has 0 aliphatic carbocycles. The van der Waals surface area contributed by atoms with Crippen molar-refractivity contribution in [3.63, 3.8) is 0 Å². The van der Waals surface area contributed by atoms with E-state index in [4.69, 9.17) is 11.6 Å². The van der Waals surface area contributed by atoms with Gasteiger partial charge in [0.1, 0.15) is 6.54 Å². The van der Waals surface area contributed by atoms with Gasteiger partial charge in [0.25, 0.3) is 0 Å². The van der Waals surface area contributed by atoms with Crippen molar-refractivity contribution in [1.82, 2.24) is 14.8 Å². The van der Waals surface area contributed by atoms with E-state index in [1.165, 1.54) is 16.9 Å². The zero-order chi connectivity index (χ0) is 14.1. The molecule has 0 saturated carbocycles. The molecule has 0 aliphatic rings. The molecule has 0 atom stereocenters. The van der Waals surface area contributed by atoms with Crippen molar-refractivity contribution in [2.75, 3.05) is 0 Å². The maximum atomic E-state index is 10.9. The Balaban J connectivity index is 2.09. The molecule has 2 heterocycles. The van der Waals surface area contributed by atoms with Gasteiger partial charge in [-0.2, -0.15) is 0 Å². The summed E-state index contributed by atoms with van der Waals surface area (Å²) in [6.07, 6.45) is 3.07. The number of nitro groups is 1. The molecule has 0 radical (unpaired) electrons. The van der Waals surface area contributed by atoms with Crippen LogP contribution < -0.4 is 0 Å². The van der Waals surface area contributed by atoms with E-state index in [2.05, 4.69) is 10.1 Å². The summed E-state index contributed by atoms with van der Waals surface area (Å²) in [6.45, 7) is 0.272. The maximum absolute atomic E-state index is 10.9. The Labute approximate surface area is 118 Å². The third-order valence-corrected chi connectivity index (χ3v) is 3.33. The van der Waals surface area contributed by atoms with Gasteiger partial charge in [-0.15, -0.1) is 4.68 Å². The molecule has 0 unspecified atom stereocenters. The van der Waals surface area contributed by atoms with E-state index in [9.17, 15) is 10.1 Å². The monoisotopic (exact) mass is 288 g/mol. The molecule has 0 saturated heterocycles. The molecule has 6 nitrogen and oxygen atoms in total. The Kier molecular flexibility index (Phi) is 3.08. The topological polar surface area (TPSA) is 73.8 Å². The Morgan fingerprint density at radius 1 is 1.25 bits per heavy atom. The van der Waals surface area contributed by atoms with E-state index in [0.29, 0.717) is 5.02 Å². The third-order valence-electron chi connectivity index (χ3n) is 3.00. The van der Waals surface area contributed by atoms with Gasteiger partial charge in [-0.25, -0.2) is 0 Å². The predicted octanol–water partition coefficient (Wildman–Crippen LogP) is 3.04. The summed E-state index contributed by atoms with van der Waals surface area (Å²) in [4.78, 5) is 14.7. The van der Waals surface area contributed by atoms with E-state index in [1.54, 1.807) is 18.3 Å². The molecular formula is C13H9ClN4O2. The second-order valence-corrected chi connectivity index (χ2v) is 4.62. The quantitative estimate of drug-likeness (QED) is 0.548. The predicted molar refractivity (Wildman–Crippen MR) is 74.7 cm³/mol. The molecule has 0 bridgehead atoms. The van der Waals surface area contributed by atoms with Crippen molar-refractivity contribution in [1.29, 1.82) is 0 Å². The number of benzene rings is 1. The fourth-order valence-corrected chi connectivity index (χ4v) is 2.30. The third kappa shape index (κ3) is 2.10. The Bertz CT molecular complexity index is 800. The molecule has 100 valence electrons. The number of rotatable bonds is 3.